The largest absolute Gasteiger partial charge is 0.472 e. The first-order chi connectivity index (χ1) is 44.5. The summed E-state index contributed by atoms with van der Waals surface area (Å²) in [6.07, 6.45) is 91.3. The number of unbranched alkanes of at least 4 members (excludes halogenated alkanes) is 65. The standard InChI is InChI=1S/C81H162NO8P/c1-6-8-10-12-14-16-18-20-22-24-26-28-30-32-34-36-38-40-42-44-46-48-50-52-54-56-58-60-62-64-66-68-70-72-74-81(84)90-79(78-89-91(85,86)88-76-75-82(3,4)5)77-87-80(83)73-71-69-67-65-63-61-59-57-55-53-51-49-47-45-43-41-39-37-35-33-31-29-27-25-23-21-19-17-15-13-11-9-7-2/h79H,6-78H2,1-5H3/p+1. The smallest absolute Gasteiger partial charge is 0.462 e. The minimum Gasteiger partial charge on any atom is -0.462 e. The Morgan fingerprint density at radius 3 is 0.703 bits per heavy atom. The van der Waals surface area contributed by atoms with Gasteiger partial charge in [0.25, 0.3) is 0 Å². The van der Waals surface area contributed by atoms with Crippen LogP contribution in [0.4, 0.5) is 0 Å². The van der Waals surface area contributed by atoms with E-state index in [1.54, 1.807) is 0 Å². The molecule has 0 aromatic carbocycles. The van der Waals surface area contributed by atoms with Crippen LogP contribution in [-0.4, -0.2) is 74.9 Å². The maximum atomic E-state index is 12.9. The van der Waals surface area contributed by atoms with E-state index in [1.165, 1.54) is 392 Å². The van der Waals surface area contributed by atoms with Gasteiger partial charge in [-0.05, 0) is 12.8 Å². The molecule has 0 aromatic rings. The third-order valence-electron chi connectivity index (χ3n) is 19.4. The zero-order valence-electron chi connectivity index (χ0n) is 62.4. The van der Waals surface area contributed by atoms with Crippen molar-refractivity contribution in [3.63, 3.8) is 0 Å². The lowest BCUT2D eigenvalue weighted by Gasteiger charge is -2.24. The zero-order valence-corrected chi connectivity index (χ0v) is 63.3. The SMILES string of the molecule is CCCCCCCCCCCCCCCCCCCCCCCCCCCCCCCCCCCCC(=O)OC(COC(=O)CCCCCCCCCCCCCCCCCCCCCCCCCCCCCCCCCCC)COP(=O)(O)OCC[N+](C)(C)C. The van der Waals surface area contributed by atoms with E-state index < -0.39 is 26.5 Å². The van der Waals surface area contributed by atoms with Gasteiger partial charge >= 0.3 is 19.8 Å². The highest BCUT2D eigenvalue weighted by molar-refractivity contribution is 7.47. The Kier molecular flexibility index (Phi) is 72.5. The molecule has 0 aromatic heterocycles. The Morgan fingerprint density at radius 1 is 0.297 bits per heavy atom. The number of phosphoric acid groups is 1. The number of esters is 2. The van der Waals surface area contributed by atoms with Crippen molar-refractivity contribution in [2.24, 2.45) is 0 Å². The predicted octanol–water partition coefficient (Wildman–Crippen LogP) is 27.2. The Labute approximate surface area is 569 Å². The first kappa shape index (κ1) is 90.0. The van der Waals surface area contributed by atoms with E-state index in [9.17, 15) is 19.0 Å². The summed E-state index contributed by atoms with van der Waals surface area (Å²) in [7, 11) is 1.51. The number of ether oxygens (including phenoxy) is 2. The highest BCUT2D eigenvalue weighted by Crippen LogP contribution is 2.43. The normalized spacial score (nSPS) is 12.9. The number of hydrogen-bond donors (Lipinski definition) is 1. The van der Waals surface area contributed by atoms with Gasteiger partial charge in [-0.3, -0.25) is 18.6 Å². The lowest BCUT2D eigenvalue weighted by molar-refractivity contribution is -0.870. The minimum absolute atomic E-state index is 0.0379. The van der Waals surface area contributed by atoms with E-state index in [2.05, 4.69) is 13.8 Å². The highest BCUT2D eigenvalue weighted by Gasteiger charge is 2.27. The summed E-state index contributed by atoms with van der Waals surface area (Å²) in [4.78, 5) is 36.0. The molecule has 9 nitrogen and oxygen atoms in total. The summed E-state index contributed by atoms with van der Waals surface area (Å²) >= 11 is 0. The summed E-state index contributed by atoms with van der Waals surface area (Å²) in [6, 6.07) is 0. The summed E-state index contributed by atoms with van der Waals surface area (Å²) in [5, 5.41) is 0. The zero-order chi connectivity index (χ0) is 66.2. The van der Waals surface area contributed by atoms with Crippen LogP contribution < -0.4 is 0 Å². The number of carbonyl (C=O) groups excluding carboxylic acids is 2. The van der Waals surface area contributed by atoms with Crippen molar-refractivity contribution >= 4 is 19.8 Å². The van der Waals surface area contributed by atoms with Gasteiger partial charge in [0.05, 0.1) is 27.7 Å². The minimum atomic E-state index is -4.39. The molecule has 2 atom stereocenters. The van der Waals surface area contributed by atoms with Gasteiger partial charge in [-0.1, -0.05) is 431 Å². The number of hydrogen-bond acceptors (Lipinski definition) is 7. The molecule has 0 aliphatic carbocycles. The van der Waals surface area contributed by atoms with E-state index in [-0.39, 0.29) is 25.6 Å². The fourth-order valence-corrected chi connectivity index (χ4v) is 13.8. The molecular weight excluding hydrogens is 1150 g/mol. The Balaban J connectivity index is 3.87. The Hall–Kier alpha value is -0.990. The maximum Gasteiger partial charge on any atom is 0.472 e. The lowest BCUT2D eigenvalue weighted by atomic mass is 10.0. The number of nitrogens with zero attached hydrogens (tertiary/aromatic N) is 1. The number of carbonyl (C=O) groups is 2. The third-order valence-corrected chi connectivity index (χ3v) is 20.4. The number of likely N-dealkylation sites (N-methyl/N-ethyl adjacent to an activating group) is 1. The van der Waals surface area contributed by atoms with Crippen molar-refractivity contribution in [3.05, 3.63) is 0 Å². The second kappa shape index (κ2) is 73.3. The Morgan fingerprint density at radius 2 is 0.495 bits per heavy atom. The average molecular weight is 1310 g/mol. The van der Waals surface area contributed by atoms with E-state index in [1.807, 2.05) is 21.1 Å². The molecule has 0 aliphatic rings. The molecule has 10 heteroatoms. The molecule has 0 aliphatic heterocycles. The van der Waals surface area contributed by atoms with Crippen molar-refractivity contribution < 1.29 is 42.1 Å². The monoisotopic (exact) mass is 1310 g/mol. The fraction of sp³-hybridized carbons (Fsp3) is 0.975. The molecule has 0 saturated carbocycles. The molecule has 0 saturated heterocycles. The molecule has 544 valence electrons. The molecule has 0 amide bonds. The number of phosphoric ester groups is 1. The van der Waals surface area contributed by atoms with Gasteiger partial charge in [-0.15, -0.1) is 0 Å². The van der Waals surface area contributed by atoms with Crippen LogP contribution in [0.1, 0.15) is 457 Å². The molecule has 0 rings (SSSR count). The Bertz CT molecular complexity index is 1490. The van der Waals surface area contributed by atoms with Crippen molar-refractivity contribution in [3.8, 4) is 0 Å². The van der Waals surface area contributed by atoms with Gasteiger partial charge < -0.3 is 18.9 Å². The van der Waals surface area contributed by atoms with Gasteiger partial charge in [0, 0.05) is 12.8 Å². The molecule has 0 fully saturated rings. The average Bonchev–Trinajstić information content (AvgIpc) is 3.24. The van der Waals surface area contributed by atoms with Crippen molar-refractivity contribution in [1.29, 1.82) is 0 Å². The molecule has 0 spiro atoms. The van der Waals surface area contributed by atoms with Gasteiger partial charge in [-0.25, -0.2) is 4.57 Å². The van der Waals surface area contributed by atoms with E-state index in [0.29, 0.717) is 17.4 Å². The number of quaternary nitrogens is 1. The first-order valence-electron chi connectivity index (χ1n) is 41.3. The second-order valence-electron chi connectivity index (χ2n) is 29.9. The fourth-order valence-electron chi connectivity index (χ4n) is 13.1. The molecule has 2 unspecified atom stereocenters. The summed E-state index contributed by atoms with van der Waals surface area (Å²) in [5.41, 5.74) is 0. The topological polar surface area (TPSA) is 108 Å². The maximum absolute atomic E-state index is 12.9. The van der Waals surface area contributed by atoms with Crippen molar-refractivity contribution in [2.45, 2.75) is 463 Å². The van der Waals surface area contributed by atoms with Crippen LogP contribution in [0.5, 0.6) is 0 Å². The third kappa shape index (κ3) is 77.9. The van der Waals surface area contributed by atoms with Crippen LogP contribution >= 0.6 is 7.82 Å². The lowest BCUT2D eigenvalue weighted by Crippen LogP contribution is -2.37. The molecule has 0 bridgehead atoms. The van der Waals surface area contributed by atoms with Crippen LogP contribution in [0.3, 0.4) is 0 Å². The van der Waals surface area contributed by atoms with E-state index >= 15 is 0 Å². The van der Waals surface area contributed by atoms with Crippen LogP contribution in [0.25, 0.3) is 0 Å². The summed E-state index contributed by atoms with van der Waals surface area (Å²) < 4.78 is 34.9. The molecule has 1 N–H and O–H groups in total. The van der Waals surface area contributed by atoms with Crippen molar-refractivity contribution in [2.75, 3.05) is 47.5 Å². The van der Waals surface area contributed by atoms with Gasteiger partial charge in [-0.2, -0.15) is 0 Å². The van der Waals surface area contributed by atoms with Crippen LogP contribution in [0.2, 0.25) is 0 Å². The van der Waals surface area contributed by atoms with Gasteiger partial charge in [0.2, 0.25) is 0 Å². The molecule has 91 heavy (non-hydrogen) atoms. The van der Waals surface area contributed by atoms with E-state index in [4.69, 9.17) is 18.5 Å². The predicted molar refractivity (Wildman–Crippen MR) is 395 cm³/mol. The van der Waals surface area contributed by atoms with Gasteiger partial charge in [0.1, 0.15) is 19.8 Å². The number of rotatable bonds is 79. The quantitative estimate of drug-likeness (QED) is 0.0278. The van der Waals surface area contributed by atoms with Gasteiger partial charge in [0.15, 0.2) is 6.10 Å². The van der Waals surface area contributed by atoms with Crippen LogP contribution in [0.15, 0.2) is 0 Å². The van der Waals surface area contributed by atoms with E-state index in [0.717, 1.165) is 38.5 Å². The highest BCUT2D eigenvalue weighted by atomic mass is 31.2. The van der Waals surface area contributed by atoms with Crippen LogP contribution in [0, 0.1) is 0 Å². The molecular formula is C81H163NO8P+. The summed E-state index contributed by atoms with van der Waals surface area (Å²) in [5.74, 6) is -0.764. The second-order valence-corrected chi connectivity index (χ2v) is 31.3. The molecule has 0 radical (unpaired) electrons. The molecule has 0 heterocycles. The first-order valence-corrected chi connectivity index (χ1v) is 42.8. The van der Waals surface area contributed by atoms with Crippen LogP contribution in [-0.2, 0) is 32.7 Å². The summed E-state index contributed by atoms with van der Waals surface area (Å²) in [6.45, 7) is 4.55. The van der Waals surface area contributed by atoms with Crippen molar-refractivity contribution in [1.82, 2.24) is 0 Å².